The van der Waals surface area contributed by atoms with E-state index in [0.29, 0.717) is 5.41 Å². The molecule has 20 heavy (non-hydrogen) atoms. The standard InChI is InChI=1S/C17H30N2O/c1-5-10-17(3,12-18-15-7-8-15)13-19(4)11-16-9-6-14(2)20-16/h6,9,15,18H,5,7-8,10-13H2,1-4H3. The van der Waals surface area contributed by atoms with E-state index in [-0.39, 0.29) is 0 Å². The van der Waals surface area contributed by atoms with Crippen molar-refractivity contribution >= 4 is 0 Å². The average Bonchev–Trinajstić information content (AvgIpc) is 3.11. The second kappa shape index (κ2) is 6.77. The van der Waals surface area contributed by atoms with Gasteiger partial charge in [0.2, 0.25) is 0 Å². The number of nitrogens with zero attached hydrogens (tertiary/aromatic N) is 1. The van der Waals surface area contributed by atoms with Crippen LogP contribution in [0, 0.1) is 12.3 Å². The molecule has 1 heterocycles. The van der Waals surface area contributed by atoms with Crippen molar-refractivity contribution in [1.82, 2.24) is 10.2 Å². The van der Waals surface area contributed by atoms with E-state index in [1.807, 2.05) is 13.0 Å². The van der Waals surface area contributed by atoms with Crippen molar-refractivity contribution in [2.75, 3.05) is 20.1 Å². The molecule has 3 nitrogen and oxygen atoms in total. The van der Waals surface area contributed by atoms with Crippen LogP contribution in [0.25, 0.3) is 0 Å². The van der Waals surface area contributed by atoms with E-state index >= 15 is 0 Å². The first-order valence-electron chi connectivity index (χ1n) is 7.98. The highest BCUT2D eigenvalue weighted by atomic mass is 16.3. The number of hydrogen-bond donors (Lipinski definition) is 1. The van der Waals surface area contributed by atoms with Gasteiger partial charge < -0.3 is 9.73 Å². The van der Waals surface area contributed by atoms with E-state index in [1.54, 1.807) is 0 Å². The van der Waals surface area contributed by atoms with Crippen LogP contribution in [0.2, 0.25) is 0 Å². The number of aryl methyl sites for hydroxylation is 1. The maximum Gasteiger partial charge on any atom is 0.118 e. The molecule has 0 spiro atoms. The summed E-state index contributed by atoms with van der Waals surface area (Å²) in [6, 6.07) is 4.93. The third kappa shape index (κ3) is 4.95. The third-order valence-electron chi connectivity index (χ3n) is 4.12. The second-order valence-corrected chi connectivity index (χ2v) is 6.90. The fourth-order valence-electron chi connectivity index (χ4n) is 3.05. The number of furan rings is 1. The molecule has 1 aliphatic carbocycles. The number of nitrogens with one attached hydrogen (secondary N) is 1. The Morgan fingerprint density at radius 3 is 2.70 bits per heavy atom. The van der Waals surface area contributed by atoms with E-state index in [4.69, 9.17) is 4.42 Å². The second-order valence-electron chi connectivity index (χ2n) is 6.90. The van der Waals surface area contributed by atoms with Gasteiger partial charge in [-0.15, -0.1) is 0 Å². The summed E-state index contributed by atoms with van der Waals surface area (Å²) in [7, 11) is 2.20. The molecule has 1 aromatic heterocycles. The Bertz CT molecular complexity index is 411. The summed E-state index contributed by atoms with van der Waals surface area (Å²) in [5.41, 5.74) is 0.355. The molecule has 1 atom stereocenters. The molecule has 1 N–H and O–H groups in total. The predicted octanol–water partition coefficient (Wildman–Crippen LogP) is 3.58. The SMILES string of the molecule is CCCC(C)(CNC1CC1)CN(C)Cc1ccc(C)o1. The number of hydrogen-bond acceptors (Lipinski definition) is 3. The first-order valence-corrected chi connectivity index (χ1v) is 7.98. The molecule has 0 saturated heterocycles. The van der Waals surface area contributed by atoms with Crippen LogP contribution in [-0.4, -0.2) is 31.1 Å². The van der Waals surface area contributed by atoms with Gasteiger partial charge in [-0.1, -0.05) is 20.3 Å². The zero-order valence-electron chi connectivity index (χ0n) is 13.5. The van der Waals surface area contributed by atoms with Crippen molar-refractivity contribution in [3.63, 3.8) is 0 Å². The summed E-state index contributed by atoms with van der Waals surface area (Å²) < 4.78 is 5.68. The molecule has 1 saturated carbocycles. The van der Waals surface area contributed by atoms with Gasteiger partial charge in [0.05, 0.1) is 6.54 Å². The normalized spacial score (nSPS) is 18.4. The fourth-order valence-corrected chi connectivity index (χ4v) is 3.05. The van der Waals surface area contributed by atoms with Crippen LogP contribution in [0.1, 0.15) is 51.1 Å². The average molecular weight is 278 g/mol. The molecular formula is C17H30N2O. The Morgan fingerprint density at radius 2 is 2.15 bits per heavy atom. The monoisotopic (exact) mass is 278 g/mol. The Hall–Kier alpha value is -0.800. The highest BCUT2D eigenvalue weighted by Crippen LogP contribution is 2.27. The highest BCUT2D eigenvalue weighted by molar-refractivity contribution is 5.05. The lowest BCUT2D eigenvalue weighted by atomic mass is 9.84. The van der Waals surface area contributed by atoms with Gasteiger partial charge in [-0.05, 0) is 50.8 Å². The minimum absolute atomic E-state index is 0.355. The predicted molar refractivity (Wildman–Crippen MR) is 83.8 cm³/mol. The van der Waals surface area contributed by atoms with Crippen molar-refractivity contribution in [2.24, 2.45) is 5.41 Å². The molecule has 114 valence electrons. The van der Waals surface area contributed by atoms with Crippen molar-refractivity contribution < 1.29 is 4.42 Å². The Kier molecular flexibility index (Phi) is 5.28. The van der Waals surface area contributed by atoms with Crippen LogP contribution in [0.4, 0.5) is 0 Å². The Labute approximate surface area is 123 Å². The maximum absolute atomic E-state index is 5.68. The van der Waals surface area contributed by atoms with Gasteiger partial charge in [-0.3, -0.25) is 4.90 Å². The lowest BCUT2D eigenvalue weighted by molar-refractivity contribution is 0.160. The topological polar surface area (TPSA) is 28.4 Å². The van der Waals surface area contributed by atoms with E-state index < -0.39 is 0 Å². The molecule has 1 unspecified atom stereocenters. The smallest absolute Gasteiger partial charge is 0.118 e. The van der Waals surface area contributed by atoms with Crippen LogP contribution < -0.4 is 5.32 Å². The minimum Gasteiger partial charge on any atom is -0.465 e. The van der Waals surface area contributed by atoms with E-state index in [2.05, 4.69) is 37.2 Å². The molecule has 1 aliphatic rings. The Morgan fingerprint density at radius 1 is 1.40 bits per heavy atom. The van der Waals surface area contributed by atoms with Gasteiger partial charge >= 0.3 is 0 Å². The van der Waals surface area contributed by atoms with Crippen LogP contribution in [-0.2, 0) is 6.54 Å². The molecule has 0 aromatic carbocycles. The van der Waals surface area contributed by atoms with Crippen molar-refractivity contribution in [1.29, 1.82) is 0 Å². The van der Waals surface area contributed by atoms with Crippen molar-refractivity contribution in [3.05, 3.63) is 23.7 Å². The lowest BCUT2D eigenvalue weighted by Crippen LogP contribution is -2.41. The van der Waals surface area contributed by atoms with Crippen molar-refractivity contribution in [2.45, 2.75) is 59.0 Å². The summed E-state index contributed by atoms with van der Waals surface area (Å²) >= 11 is 0. The summed E-state index contributed by atoms with van der Waals surface area (Å²) in [6.45, 7) is 9.84. The van der Waals surface area contributed by atoms with E-state index in [9.17, 15) is 0 Å². The van der Waals surface area contributed by atoms with Crippen molar-refractivity contribution in [3.8, 4) is 0 Å². The molecule has 3 heteroatoms. The largest absolute Gasteiger partial charge is 0.465 e. The summed E-state index contributed by atoms with van der Waals surface area (Å²) in [6.07, 6.45) is 5.25. The van der Waals surface area contributed by atoms with Gasteiger partial charge in [0, 0.05) is 19.1 Å². The van der Waals surface area contributed by atoms with E-state index in [1.165, 1.54) is 25.7 Å². The van der Waals surface area contributed by atoms with Gasteiger partial charge in [-0.25, -0.2) is 0 Å². The first kappa shape index (κ1) is 15.6. The van der Waals surface area contributed by atoms with Gasteiger partial charge in [0.15, 0.2) is 0 Å². The van der Waals surface area contributed by atoms with Crippen LogP contribution in [0.15, 0.2) is 16.5 Å². The van der Waals surface area contributed by atoms with Gasteiger partial charge in [-0.2, -0.15) is 0 Å². The maximum atomic E-state index is 5.68. The summed E-state index contributed by atoms with van der Waals surface area (Å²) in [4.78, 5) is 2.39. The zero-order valence-corrected chi connectivity index (χ0v) is 13.5. The molecule has 0 radical (unpaired) electrons. The molecule has 0 aliphatic heterocycles. The lowest BCUT2D eigenvalue weighted by Gasteiger charge is -2.34. The quantitative estimate of drug-likeness (QED) is 0.748. The summed E-state index contributed by atoms with van der Waals surface area (Å²) in [5, 5.41) is 3.71. The van der Waals surface area contributed by atoms with Crippen LogP contribution >= 0.6 is 0 Å². The molecule has 1 aromatic rings. The Balaban J connectivity index is 1.84. The molecule has 0 amide bonds. The molecule has 0 bridgehead atoms. The van der Waals surface area contributed by atoms with E-state index in [0.717, 1.165) is 37.2 Å². The molecule has 2 rings (SSSR count). The highest BCUT2D eigenvalue weighted by Gasteiger charge is 2.29. The number of rotatable bonds is 9. The van der Waals surface area contributed by atoms with Crippen LogP contribution in [0.5, 0.6) is 0 Å². The molecular weight excluding hydrogens is 248 g/mol. The molecule has 1 fully saturated rings. The van der Waals surface area contributed by atoms with Gasteiger partial charge in [0.25, 0.3) is 0 Å². The third-order valence-corrected chi connectivity index (χ3v) is 4.12. The first-order chi connectivity index (χ1) is 9.50. The zero-order chi connectivity index (χ0) is 14.6. The minimum atomic E-state index is 0.355. The fraction of sp³-hybridized carbons (Fsp3) is 0.765. The summed E-state index contributed by atoms with van der Waals surface area (Å²) in [5.74, 6) is 2.07. The van der Waals surface area contributed by atoms with Gasteiger partial charge in [0.1, 0.15) is 11.5 Å². The van der Waals surface area contributed by atoms with Crippen LogP contribution in [0.3, 0.4) is 0 Å².